The first-order chi connectivity index (χ1) is 16.8. The maximum absolute atomic E-state index is 13.3. The highest BCUT2D eigenvalue weighted by Crippen LogP contribution is 2.30. The number of methoxy groups -OCH3 is 3. The number of aliphatic carboxylic acids is 1. The molecule has 0 unspecified atom stereocenters. The molecule has 1 fully saturated rings. The summed E-state index contributed by atoms with van der Waals surface area (Å²) in [5, 5.41) is 8.93. The first-order valence-electron chi connectivity index (χ1n) is 10.7. The van der Waals surface area contributed by atoms with E-state index in [1.807, 2.05) is 0 Å². The van der Waals surface area contributed by atoms with Crippen molar-refractivity contribution >= 4 is 29.4 Å². The van der Waals surface area contributed by atoms with E-state index in [2.05, 4.69) is 0 Å². The standard InChI is InChI=1S/C25H26N2O8/c1-33-18-7-5-17(6-8-18)27-23(29)15-19(25(27)32)26(22(28)10-11-24(30)31)13-12-16-4-9-20(34-2)21(14-16)35-3/h4-11,14,19H,12-13,15H2,1-3H3,(H,30,31)/b11-10-/t19-/m1/s1. The molecule has 10 heteroatoms. The maximum Gasteiger partial charge on any atom is 0.328 e. The Balaban J connectivity index is 1.86. The number of hydrogen-bond donors (Lipinski definition) is 1. The Bertz CT molecular complexity index is 1140. The molecule has 10 nitrogen and oxygen atoms in total. The van der Waals surface area contributed by atoms with Crippen LogP contribution in [0.2, 0.25) is 0 Å². The van der Waals surface area contributed by atoms with Gasteiger partial charge in [-0.25, -0.2) is 9.69 Å². The van der Waals surface area contributed by atoms with Crippen molar-refractivity contribution < 1.29 is 38.5 Å². The third kappa shape index (κ3) is 5.78. The average Bonchev–Trinajstić information content (AvgIpc) is 3.15. The van der Waals surface area contributed by atoms with Crippen LogP contribution in [0.3, 0.4) is 0 Å². The average molecular weight is 482 g/mol. The van der Waals surface area contributed by atoms with Gasteiger partial charge in [-0.05, 0) is 48.4 Å². The Morgan fingerprint density at radius 3 is 2.29 bits per heavy atom. The molecule has 0 aromatic heterocycles. The second-order valence-corrected chi connectivity index (χ2v) is 7.63. The summed E-state index contributed by atoms with van der Waals surface area (Å²) in [7, 11) is 4.53. The predicted molar refractivity (Wildman–Crippen MR) is 126 cm³/mol. The number of carbonyl (C=O) groups is 4. The summed E-state index contributed by atoms with van der Waals surface area (Å²) in [6.07, 6.45) is 1.69. The number of carboxylic acids is 1. The van der Waals surface area contributed by atoms with Crippen LogP contribution in [0, 0.1) is 0 Å². The van der Waals surface area contributed by atoms with Crippen LogP contribution in [0.4, 0.5) is 5.69 Å². The molecule has 3 rings (SSSR count). The predicted octanol–water partition coefficient (Wildman–Crippen LogP) is 2.06. The lowest BCUT2D eigenvalue weighted by Gasteiger charge is -2.27. The molecule has 0 saturated carbocycles. The number of carboxylic acid groups (broad SMARTS) is 1. The summed E-state index contributed by atoms with van der Waals surface area (Å²) in [5.74, 6) is -1.40. The van der Waals surface area contributed by atoms with Gasteiger partial charge in [0.05, 0.1) is 33.4 Å². The lowest BCUT2D eigenvalue weighted by molar-refractivity contribution is -0.135. The van der Waals surface area contributed by atoms with Gasteiger partial charge in [0.25, 0.3) is 5.91 Å². The Labute approximate surface area is 202 Å². The van der Waals surface area contributed by atoms with E-state index in [4.69, 9.17) is 19.3 Å². The molecular weight excluding hydrogens is 456 g/mol. The molecule has 2 aromatic rings. The summed E-state index contributed by atoms with van der Waals surface area (Å²) in [5.41, 5.74) is 1.16. The summed E-state index contributed by atoms with van der Waals surface area (Å²) in [4.78, 5) is 52.1. The maximum atomic E-state index is 13.3. The van der Waals surface area contributed by atoms with Gasteiger partial charge < -0.3 is 24.2 Å². The Kier molecular flexibility index (Phi) is 8.08. The highest BCUT2D eigenvalue weighted by Gasteiger charge is 2.44. The molecule has 2 aromatic carbocycles. The van der Waals surface area contributed by atoms with Crippen LogP contribution in [0.15, 0.2) is 54.6 Å². The van der Waals surface area contributed by atoms with Crippen molar-refractivity contribution in [3.8, 4) is 17.2 Å². The molecule has 0 radical (unpaired) electrons. The lowest BCUT2D eigenvalue weighted by Crippen LogP contribution is -2.46. The van der Waals surface area contributed by atoms with Crippen molar-refractivity contribution in [2.24, 2.45) is 0 Å². The van der Waals surface area contributed by atoms with E-state index in [1.54, 1.807) is 42.5 Å². The van der Waals surface area contributed by atoms with Crippen molar-refractivity contribution in [3.05, 3.63) is 60.2 Å². The van der Waals surface area contributed by atoms with E-state index in [-0.39, 0.29) is 13.0 Å². The largest absolute Gasteiger partial charge is 0.497 e. The number of imide groups is 1. The van der Waals surface area contributed by atoms with Crippen LogP contribution in [-0.2, 0) is 25.6 Å². The molecule has 0 bridgehead atoms. The third-order valence-corrected chi connectivity index (χ3v) is 5.57. The zero-order valence-electron chi connectivity index (χ0n) is 19.6. The van der Waals surface area contributed by atoms with Crippen LogP contribution in [-0.4, -0.2) is 67.6 Å². The second kappa shape index (κ2) is 11.2. The van der Waals surface area contributed by atoms with Crippen molar-refractivity contribution in [3.63, 3.8) is 0 Å². The molecule has 0 aliphatic carbocycles. The van der Waals surface area contributed by atoms with Gasteiger partial charge in [0, 0.05) is 18.7 Å². The SMILES string of the molecule is COc1ccc(N2C(=O)C[C@@H](N(CCc3ccc(OC)c(OC)c3)C(=O)/C=C\C(=O)O)C2=O)cc1. The van der Waals surface area contributed by atoms with E-state index < -0.39 is 29.7 Å². The molecular formula is C25H26N2O8. The number of ether oxygens (including phenoxy) is 3. The quantitative estimate of drug-likeness (QED) is 0.403. The van der Waals surface area contributed by atoms with E-state index in [0.29, 0.717) is 35.4 Å². The Morgan fingerprint density at radius 2 is 1.69 bits per heavy atom. The zero-order valence-corrected chi connectivity index (χ0v) is 19.6. The van der Waals surface area contributed by atoms with Gasteiger partial charge in [-0.2, -0.15) is 0 Å². The second-order valence-electron chi connectivity index (χ2n) is 7.63. The number of anilines is 1. The first kappa shape index (κ1) is 25.3. The van der Waals surface area contributed by atoms with Crippen LogP contribution >= 0.6 is 0 Å². The van der Waals surface area contributed by atoms with E-state index in [0.717, 1.165) is 16.5 Å². The highest BCUT2D eigenvalue weighted by atomic mass is 16.5. The minimum atomic E-state index is -1.30. The van der Waals surface area contributed by atoms with Gasteiger partial charge >= 0.3 is 5.97 Å². The summed E-state index contributed by atoms with van der Waals surface area (Å²) < 4.78 is 15.7. The van der Waals surface area contributed by atoms with Gasteiger partial charge in [-0.15, -0.1) is 0 Å². The van der Waals surface area contributed by atoms with E-state index in [1.165, 1.54) is 26.2 Å². The molecule has 1 aliphatic heterocycles. The number of carbonyl (C=O) groups excluding carboxylic acids is 3. The van der Waals surface area contributed by atoms with Crippen molar-refractivity contribution in [2.75, 3.05) is 32.8 Å². The summed E-state index contributed by atoms with van der Waals surface area (Å²) >= 11 is 0. The van der Waals surface area contributed by atoms with Gasteiger partial charge in [0.2, 0.25) is 11.8 Å². The first-order valence-corrected chi connectivity index (χ1v) is 10.7. The lowest BCUT2D eigenvalue weighted by atomic mass is 10.1. The van der Waals surface area contributed by atoms with Gasteiger partial charge in [-0.1, -0.05) is 6.07 Å². The van der Waals surface area contributed by atoms with Crippen molar-refractivity contribution in [2.45, 2.75) is 18.9 Å². The van der Waals surface area contributed by atoms with Crippen molar-refractivity contribution in [1.82, 2.24) is 4.90 Å². The Hall–Kier alpha value is -4.34. The molecule has 1 atom stereocenters. The molecule has 35 heavy (non-hydrogen) atoms. The molecule has 184 valence electrons. The fourth-order valence-electron chi connectivity index (χ4n) is 3.81. The molecule has 3 amide bonds. The van der Waals surface area contributed by atoms with Gasteiger partial charge in [0.1, 0.15) is 11.8 Å². The molecule has 1 aliphatic rings. The van der Waals surface area contributed by atoms with Gasteiger partial charge in [-0.3, -0.25) is 14.4 Å². The van der Waals surface area contributed by atoms with Crippen LogP contribution in [0.5, 0.6) is 17.2 Å². The molecule has 1 N–H and O–H groups in total. The number of benzene rings is 2. The van der Waals surface area contributed by atoms with E-state index in [9.17, 15) is 19.2 Å². The number of amides is 3. The topological polar surface area (TPSA) is 123 Å². The minimum Gasteiger partial charge on any atom is -0.497 e. The highest BCUT2D eigenvalue weighted by molar-refractivity contribution is 6.23. The monoisotopic (exact) mass is 482 g/mol. The zero-order chi connectivity index (χ0) is 25.5. The molecule has 1 heterocycles. The van der Waals surface area contributed by atoms with Gasteiger partial charge in [0.15, 0.2) is 11.5 Å². The van der Waals surface area contributed by atoms with E-state index >= 15 is 0 Å². The normalized spacial score (nSPS) is 15.4. The van der Waals surface area contributed by atoms with Crippen LogP contribution in [0.1, 0.15) is 12.0 Å². The molecule has 0 spiro atoms. The number of hydrogen-bond acceptors (Lipinski definition) is 7. The minimum absolute atomic E-state index is 0.0679. The summed E-state index contributed by atoms with van der Waals surface area (Å²) in [6.45, 7) is 0.0679. The smallest absolute Gasteiger partial charge is 0.328 e. The Morgan fingerprint density at radius 1 is 1.00 bits per heavy atom. The molecule has 1 saturated heterocycles. The third-order valence-electron chi connectivity index (χ3n) is 5.57. The fourth-order valence-corrected chi connectivity index (χ4v) is 3.81. The van der Waals surface area contributed by atoms with Crippen LogP contribution < -0.4 is 19.1 Å². The van der Waals surface area contributed by atoms with Crippen molar-refractivity contribution in [1.29, 1.82) is 0 Å². The number of nitrogens with zero attached hydrogens (tertiary/aromatic N) is 2. The fraction of sp³-hybridized carbons (Fsp3) is 0.280. The van der Waals surface area contributed by atoms with Crippen LogP contribution in [0.25, 0.3) is 0 Å². The number of rotatable bonds is 10. The summed E-state index contributed by atoms with van der Waals surface area (Å²) in [6, 6.07) is 10.6.